The number of nitrogens with one attached hydrogen (secondary N) is 1. The van der Waals surface area contributed by atoms with Crippen molar-refractivity contribution in [2.75, 3.05) is 19.0 Å². The van der Waals surface area contributed by atoms with Crippen LogP contribution in [0.3, 0.4) is 0 Å². The molecule has 1 aromatic heterocycles. The number of phenolic OH excluding ortho intramolecular Hbond substituents is 1. The average Bonchev–Trinajstić information content (AvgIpc) is 2.47. The summed E-state index contributed by atoms with van der Waals surface area (Å²) in [7, 11) is 1.52. The zero-order chi connectivity index (χ0) is 15.4. The van der Waals surface area contributed by atoms with Crippen molar-refractivity contribution >= 4 is 5.82 Å². The second kappa shape index (κ2) is 6.43. The summed E-state index contributed by atoms with van der Waals surface area (Å²) in [6.45, 7) is 6.93. The third-order valence-corrected chi connectivity index (χ3v) is 3.35. The Balaban J connectivity index is 2.53. The van der Waals surface area contributed by atoms with Crippen LogP contribution < -0.4 is 10.1 Å². The van der Waals surface area contributed by atoms with E-state index in [4.69, 9.17) is 4.74 Å². The highest BCUT2D eigenvalue weighted by molar-refractivity contribution is 5.63. The first-order valence-electron chi connectivity index (χ1n) is 7.09. The third kappa shape index (κ3) is 3.07. The molecule has 0 amide bonds. The Kier molecular flexibility index (Phi) is 4.62. The molecule has 0 radical (unpaired) electrons. The van der Waals surface area contributed by atoms with E-state index in [0.717, 1.165) is 35.6 Å². The Morgan fingerprint density at radius 1 is 1.24 bits per heavy atom. The van der Waals surface area contributed by atoms with Gasteiger partial charge >= 0.3 is 0 Å². The number of aromatic hydroxyl groups is 1. The van der Waals surface area contributed by atoms with E-state index >= 15 is 0 Å². The van der Waals surface area contributed by atoms with Crippen molar-refractivity contribution in [1.82, 2.24) is 9.97 Å². The van der Waals surface area contributed by atoms with Crippen molar-refractivity contribution in [3.8, 4) is 22.9 Å². The Bertz CT molecular complexity index is 642. The number of nitrogens with zero attached hydrogens (tertiary/aromatic N) is 2. The lowest BCUT2D eigenvalue weighted by Crippen LogP contribution is -2.08. The molecule has 1 heterocycles. The fraction of sp³-hybridized carbons (Fsp3) is 0.375. The lowest BCUT2D eigenvalue weighted by molar-refractivity contribution is 0.373. The predicted octanol–water partition coefficient (Wildman–Crippen LogP) is 3.16. The highest BCUT2D eigenvalue weighted by atomic mass is 16.5. The molecule has 0 unspecified atom stereocenters. The average molecular weight is 287 g/mol. The minimum atomic E-state index is 0.107. The number of aryl methyl sites for hydroxylation is 1. The number of rotatable bonds is 5. The summed E-state index contributed by atoms with van der Waals surface area (Å²) >= 11 is 0. The van der Waals surface area contributed by atoms with Crippen LogP contribution in [0.1, 0.15) is 25.1 Å². The van der Waals surface area contributed by atoms with Gasteiger partial charge in [-0.2, -0.15) is 0 Å². The van der Waals surface area contributed by atoms with Gasteiger partial charge in [-0.3, -0.25) is 0 Å². The number of ether oxygens (including phenoxy) is 1. The molecule has 0 saturated heterocycles. The monoisotopic (exact) mass is 287 g/mol. The molecule has 0 aliphatic carbocycles. The largest absolute Gasteiger partial charge is 0.504 e. The number of aromatic nitrogens is 2. The molecule has 0 atom stereocenters. The van der Waals surface area contributed by atoms with Gasteiger partial charge in [-0.15, -0.1) is 0 Å². The zero-order valence-corrected chi connectivity index (χ0v) is 12.9. The lowest BCUT2D eigenvalue weighted by atomic mass is 10.1. The van der Waals surface area contributed by atoms with E-state index in [2.05, 4.69) is 22.2 Å². The van der Waals surface area contributed by atoms with Crippen molar-refractivity contribution in [3.63, 3.8) is 0 Å². The van der Waals surface area contributed by atoms with Gasteiger partial charge in [0.05, 0.1) is 7.11 Å². The smallest absolute Gasteiger partial charge is 0.161 e. The minimum Gasteiger partial charge on any atom is -0.504 e. The molecule has 0 saturated carbocycles. The van der Waals surface area contributed by atoms with Crippen LogP contribution in [0, 0.1) is 6.92 Å². The maximum absolute atomic E-state index is 9.68. The van der Waals surface area contributed by atoms with Crippen molar-refractivity contribution in [1.29, 1.82) is 0 Å². The molecule has 0 aliphatic rings. The number of methoxy groups -OCH3 is 1. The van der Waals surface area contributed by atoms with Crippen LogP contribution >= 0.6 is 0 Å². The number of anilines is 1. The van der Waals surface area contributed by atoms with Crippen LogP contribution in [0.2, 0.25) is 0 Å². The second-order valence-electron chi connectivity index (χ2n) is 4.73. The standard InChI is InChI=1S/C16H21N3O2/c1-5-12-10(3)18-15(19-16(12)17-6-2)11-7-8-13(20)14(9-11)21-4/h7-9,20H,5-6H2,1-4H3,(H,17,18,19). The Labute approximate surface area is 125 Å². The van der Waals surface area contributed by atoms with Crippen LogP contribution in [0.5, 0.6) is 11.5 Å². The van der Waals surface area contributed by atoms with Crippen LogP contribution in [-0.2, 0) is 6.42 Å². The van der Waals surface area contributed by atoms with Gasteiger partial charge in [-0.1, -0.05) is 6.92 Å². The van der Waals surface area contributed by atoms with Gasteiger partial charge in [0.15, 0.2) is 17.3 Å². The molecule has 2 N–H and O–H groups in total. The first kappa shape index (κ1) is 15.1. The van der Waals surface area contributed by atoms with Gasteiger partial charge in [0, 0.05) is 23.4 Å². The third-order valence-electron chi connectivity index (χ3n) is 3.35. The van der Waals surface area contributed by atoms with E-state index in [-0.39, 0.29) is 5.75 Å². The molecule has 0 bridgehead atoms. The number of hydrogen-bond acceptors (Lipinski definition) is 5. The van der Waals surface area contributed by atoms with Gasteiger partial charge in [0.1, 0.15) is 5.82 Å². The SMILES string of the molecule is CCNc1nc(-c2ccc(O)c(OC)c2)nc(C)c1CC. The Hall–Kier alpha value is -2.30. The van der Waals surface area contributed by atoms with Crippen LogP contribution in [-0.4, -0.2) is 28.7 Å². The highest BCUT2D eigenvalue weighted by Gasteiger charge is 2.12. The van der Waals surface area contributed by atoms with Crippen molar-refractivity contribution in [2.24, 2.45) is 0 Å². The summed E-state index contributed by atoms with van der Waals surface area (Å²) in [5.74, 6) is 2.02. The predicted molar refractivity (Wildman–Crippen MR) is 84.0 cm³/mol. The van der Waals surface area contributed by atoms with Gasteiger partial charge in [0.25, 0.3) is 0 Å². The van der Waals surface area contributed by atoms with E-state index in [1.165, 1.54) is 7.11 Å². The lowest BCUT2D eigenvalue weighted by Gasteiger charge is -2.13. The molecular formula is C16H21N3O2. The summed E-state index contributed by atoms with van der Waals surface area (Å²) in [6.07, 6.45) is 0.882. The molecule has 5 nitrogen and oxygen atoms in total. The Morgan fingerprint density at radius 3 is 2.62 bits per heavy atom. The quantitative estimate of drug-likeness (QED) is 0.884. The number of benzene rings is 1. The van der Waals surface area contributed by atoms with Crippen molar-refractivity contribution < 1.29 is 9.84 Å². The Morgan fingerprint density at radius 2 is 2.00 bits per heavy atom. The second-order valence-corrected chi connectivity index (χ2v) is 4.73. The summed E-state index contributed by atoms with van der Waals surface area (Å²) in [6, 6.07) is 5.12. The molecule has 0 aliphatic heterocycles. The van der Waals surface area contributed by atoms with Gasteiger partial charge in [-0.25, -0.2) is 9.97 Å². The fourth-order valence-corrected chi connectivity index (χ4v) is 2.28. The topological polar surface area (TPSA) is 67.3 Å². The molecule has 2 rings (SSSR count). The van der Waals surface area contributed by atoms with E-state index in [9.17, 15) is 5.11 Å². The van der Waals surface area contributed by atoms with Gasteiger partial charge < -0.3 is 15.2 Å². The summed E-state index contributed by atoms with van der Waals surface area (Å²) in [4.78, 5) is 9.18. The van der Waals surface area contributed by atoms with Crippen molar-refractivity contribution in [2.45, 2.75) is 27.2 Å². The summed E-state index contributed by atoms with van der Waals surface area (Å²) in [5.41, 5.74) is 2.91. The van der Waals surface area contributed by atoms with E-state index in [1.54, 1.807) is 18.2 Å². The van der Waals surface area contributed by atoms with Crippen molar-refractivity contribution in [3.05, 3.63) is 29.5 Å². The molecule has 1 aromatic carbocycles. The zero-order valence-electron chi connectivity index (χ0n) is 12.9. The minimum absolute atomic E-state index is 0.107. The van der Waals surface area contributed by atoms with Crippen LogP contribution in [0.25, 0.3) is 11.4 Å². The van der Waals surface area contributed by atoms with Crippen LogP contribution in [0.15, 0.2) is 18.2 Å². The van der Waals surface area contributed by atoms with Gasteiger partial charge in [-0.05, 0) is 38.5 Å². The van der Waals surface area contributed by atoms with E-state index < -0.39 is 0 Å². The maximum Gasteiger partial charge on any atom is 0.161 e. The molecule has 0 fully saturated rings. The molecule has 0 spiro atoms. The molecule has 112 valence electrons. The van der Waals surface area contributed by atoms with E-state index in [0.29, 0.717) is 11.6 Å². The van der Waals surface area contributed by atoms with E-state index in [1.807, 2.05) is 13.8 Å². The number of hydrogen-bond donors (Lipinski definition) is 2. The summed E-state index contributed by atoms with van der Waals surface area (Å²) in [5, 5.41) is 13.0. The van der Waals surface area contributed by atoms with Crippen LogP contribution in [0.4, 0.5) is 5.82 Å². The molecular weight excluding hydrogens is 266 g/mol. The molecule has 21 heavy (non-hydrogen) atoms. The highest BCUT2D eigenvalue weighted by Crippen LogP contribution is 2.31. The number of phenols is 1. The molecule has 5 heteroatoms. The molecule has 2 aromatic rings. The summed E-state index contributed by atoms with van der Waals surface area (Å²) < 4.78 is 5.14. The first-order chi connectivity index (χ1) is 10.1. The maximum atomic E-state index is 9.68. The van der Waals surface area contributed by atoms with Gasteiger partial charge in [0.2, 0.25) is 0 Å². The fourth-order valence-electron chi connectivity index (χ4n) is 2.28. The normalized spacial score (nSPS) is 10.5. The first-order valence-corrected chi connectivity index (χ1v) is 7.09.